The van der Waals surface area contributed by atoms with E-state index in [2.05, 4.69) is 16.0 Å². The van der Waals surface area contributed by atoms with Gasteiger partial charge in [-0.3, -0.25) is 19.2 Å². The van der Waals surface area contributed by atoms with E-state index in [1.807, 2.05) is 0 Å². The lowest BCUT2D eigenvalue weighted by Gasteiger charge is -2.26. The van der Waals surface area contributed by atoms with E-state index in [0.717, 1.165) is 0 Å². The average molecular weight is 557 g/mol. The number of carbonyl (C=O) groups excluding carboxylic acids is 3. The quantitative estimate of drug-likeness (QED) is 0.163. The standard InChI is InChI=1S/C28H36N4O8/c1-3-16(2)24(28(39)40)32-27(38)22(13-17-7-5-4-6-8-17)31-26(37)21(14-18-9-11-19(33)12-10-18)30-25(36)20(29)15-23(34)35/h4-12,16,20-22,24,33H,3,13-15,29H2,1-2H3,(H,30,36)(H,31,37)(H,32,38)(H,34,35)(H,39,40). The number of hydrogen-bond donors (Lipinski definition) is 7. The highest BCUT2D eigenvalue weighted by atomic mass is 16.4. The monoisotopic (exact) mass is 556 g/mol. The van der Waals surface area contributed by atoms with Crippen LogP contribution in [0.15, 0.2) is 54.6 Å². The minimum atomic E-state index is -1.43. The minimum Gasteiger partial charge on any atom is -0.508 e. The Bertz CT molecular complexity index is 1170. The van der Waals surface area contributed by atoms with Gasteiger partial charge in [0.2, 0.25) is 17.7 Å². The van der Waals surface area contributed by atoms with E-state index in [1.165, 1.54) is 24.3 Å². The molecule has 0 saturated heterocycles. The van der Waals surface area contributed by atoms with E-state index < -0.39 is 60.2 Å². The highest BCUT2D eigenvalue weighted by molar-refractivity contribution is 5.95. The van der Waals surface area contributed by atoms with Crippen molar-refractivity contribution in [3.63, 3.8) is 0 Å². The number of nitrogens with one attached hydrogen (secondary N) is 3. The molecule has 3 amide bonds. The lowest BCUT2D eigenvalue weighted by atomic mass is 9.97. The predicted octanol–water partition coefficient (Wildman–Crippen LogP) is 0.565. The van der Waals surface area contributed by atoms with E-state index in [-0.39, 0.29) is 24.5 Å². The van der Waals surface area contributed by atoms with Crippen LogP contribution in [-0.2, 0) is 36.8 Å². The lowest BCUT2D eigenvalue weighted by Crippen LogP contribution is -2.58. The van der Waals surface area contributed by atoms with Crippen LogP contribution >= 0.6 is 0 Å². The molecule has 2 aromatic rings. The van der Waals surface area contributed by atoms with Crippen molar-refractivity contribution in [3.8, 4) is 5.75 Å². The smallest absolute Gasteiger partial charge is 0.326 e. The highest BCUT2D eigenvalue weighted by Crippen LogP contribution is 2.13. The van der Waals surface area contributed by atoms with Gasteiger partial charge in [-0.1, -0.05) is 62.7 Å². The van der Waals surface area contributed by atoms with Crippen LogP contribution in [0.2, 0.25) is 0 Å². The highest BCUT2D eigenvalue weighted by Gasteiger charge is 2.32. The summed E-state index contributed by atoms with van der Waals surface area (Å²) in [5.74, 6) is -5.27. The second kappa shape index (κ2) is 15.2. The number of benzene rings is 2. The fourth-order valence-electron chi connectivity index (χ4n) is 3.90. The van der Waals surface area contributed by atoms with Gasteiger partial charge in [0, 0.05) is 12.8 Å². The normalized spacial score (nSPS) is 14.6. The van der Waals surface area contributed by atoms with Gasteiger partial charge in [-0.25, -0.2) is 4.79 Å². The Morgan fingerprint density at radius 1 is 0.775 bits per heavy atom. The van der Waals surface area contributed by atoms with Crippen LogP contribution in [0.4, 0.5) is 0 Å². The summed E-state index contributed by atoms with van der Waals surface area (Å²) >= 11 is 0. The van der Waals surface area contributed by atoms with Crippen molar-refractivity contribution in [1.82, 2.24) is 16.0 Å². The van der Waals surface area contributed by atoms with Crippen LogP contribution in [0, 0.1) is 5.92 Å². The number of hydrogen-bond acceptors (Lipinski definition) is 7. The van der Waals surface area contributed by atoms with Gasteiger partial charge in [-0.2, -0.15) is 0 Å². The number of carbonyl (C=O) groups is 5. The summed E-state index contributed by atoms with van der Waals surface area (Å²) in [5, 5.41) is 35.8. The number of phenols is 1. The first-order valence-electron chi connectivity index (χ1n) is 12.8. The molecule has 5 unspecified atom stereocenters. The van der Waals surface area contributed by atoms with Crippen LogP contribution < -0.4 is 21.7 Å². The number of aliphatic carboxylic acids is 2. The molecule has 0 bridgehead atoms. The molecule has 0 aliphatic heterocycles. The second-order valence-corrected chi connectivity index (χ2v) is 9.60. The van der Waals surface area contributed by atoms with Crippen molar-refractivity contribution < 1.29 is 39.3 Å². The number of amides is 3. The van der Waals surface area contributed by atoms with Gasteiger partial charge >= 0.3 is 11.9 Å². The molecule has 0 saturated carbocycles. The van der Waals surface area contributed by atoms with Gasteiger partial charge in [0.25, 0.3) is 0 Å². The Morgan fingerprint density at radius 2 is 1.27 bits per heavy atom. The number of phenolic OH excluding ortho intramolecular Hbond substituents is 1. The van der Waals surface area contributed by atoms with Crippen LogP contribution in [-0.4, -0.2) is 69.1 Å². The largest absolute Gasteiger partial charge is 0.508 e. The summed E-state index contributed by atoms with van der Waals surface area (Å²) < 4.78 is 0. The van der Waals surface area contributed by atoms with E-state index in [9.17, 15) is 34.2 Å². The molecular weight excluding hydrogens is 520 g/mol. The second-order valence-electron chi connectivity index (χ2n) is 9.60. The topological polar surface area (TPSA) is 208 Å². The van der Waals surface area contributed by atoms with E-state index >= 15 is 0 Å². The van der Waals surface area contributed by atoms with Crippen molar-refractivity contribution in [2.24, 2.45) is 11.7 Å². The summed E-state index contributed by atoms with van der Waals surface area (Å²) in [6.45, 7) is 3.48. The van der Waals surface area contributed by atoms with Gasteiger partial charge in [0.1, 0.15) is 23.9 Å². The maximum atomic E-state index is 13.5. The predicted molar refractivity (Wildman–Crippen MR) is 145 cm³/mol. The van der Waals surface area contributed by atoms with Crippen molar-refractivity contribution in [2.45, 2.75) is 63.7 Å². The number of rotatable bonds is 15. The molecule has 40 heavy (non-hydrogen) atoms. The average Bonchev–Trinajstić information content (AvgIpc) is 2.91. The maximum absolute atomic E-state index is 13.5. The van der Waals surface area contributed by atoms with Crippen LogP contribution in [0.5, 0.6) is 5.75 Å². The first kappa shape index (κ1) is 31.8. The third-order valence-corrected chi connectivity index (χ3v) is 6.43. The van der Waals surface area contributed by atoms with E-state index in [0.29, 0.717) is 17.5 Å². The zero-order chi connectivity index (χ0) is 29.8. The lowest BCUT2D eigenvalue weighted by molar-refractivity contribution is -0.143. The Kier molecular flexibility index (Phi) is 12.1. The summed E-state index contributed by atoms with van der Waals surface area (Å²) in [6, 6.07) is 9.57. The van der Waals surface area contributed by atoms with Gasteiger partial charge < -0.3 is 37.0 Å². The molecule has 216 valence electrons. The van der Waals surface area contributed by atoms with Gasteiger partial charge in [0.05, 0.1) is 12.5 Å². The molecule has 12 nitrogen and oxygen atoms in total. The van der Waals surface area contributed by atoms with E-state index in [4.69, 9.17) is 10.8 Å². The Labute approximate surface area is 232 Å². The summed E-state index contributed by atoms with van der Waals surface area (Å²) in [4.78, 5) is 62.2. The molecule has 2 rings (SSSR count). The van der Waals surface area contributed by atoms with Crippen molar-refractivity contribution in [1.29, 1.82) is 0 Å². The molecule has 2 aromatic carbocycles. The molecule has 8 N–H and O–H groups in total. The van der Waals surface area contributed by atoms with Crippen LogP contribution in [0.3, 0.4) is 0 Å². The molecular formula is C28H36N4O8. The fraction of sp³-hybridized carbons (Fsp3) is 0.393. The molecule has 0 aliphatic rings. The third-order valence-electron chi connectivity index (χ3n) is 6.43. The van der Waals surface area contributed by atoms with Crippen molar-refractivity contribution in [2.75, 3.05) is 0 Å². The molecule has 0 aliphatic carbocycles. The Balaban J connectivity index is 2.34. The summed E-state index contributed by atoms with van der Waals surface area (Å²) in [7, 11) is 0. The molecule has 0 spiro atoms. The van der Waals surface area contributed by atoms with Crippen LogP contribution in [0.1, 0.15) is 37.8 Å². The van der Waals surface area contributed by atoms with Gasteiger partial charge in [0.15, 0.2) is 0 Å². The Morgan fingerprint density at radius 3 is 1.77 bits per heavy atom. The Hall–Kier alpha value is -4.45. The minimum absolute atomic E-state index is 0.00819. The van der Waals surface area contributed by atoms with Crippen molar-refractivity contribution in [3.05, 3.63) is 65.7 Å². The molecule has 0 aromatic heterocycles. The molecule has 0 fully saturated rings. The van der Waals surface area contributed by atoms with Gasteiger partial charge in [-0.15, -0.1) is 0 Å². The van der Waals surface area contributed by atoms with Crippen molar-refractivity contribution >= 4 is 29.7 Å². The number of carboxylic acids is 2. The fourth-order valence-corrected chi connectivity index (χ4v) is 3.90. The zero-order valence-electron chi connectivity index (χ0n) is 22.4. The zero-order valence-corrected chi connectivity index (χ0v) is 22.4. The SMILES string of the molecule is CCC(C)C(NC(=O)C(Cc1ccccc1)NC(=O)C(Cc1ccc(O)cc1)NC(=O)C(N)CC(=O)O)C(=O)O. The van der Waals surface area contributed by atoms with Crippen LogP contribution in [0.25, 0.3) is 0 Å². The third kappa shape index (κ3) is 10.0. The first-order valence-corrected chi connectivity index (χ1v) is 12.8. The molecule has 0 radical (unpaired) electrons. The van der Waals surface area contributed by atoms with Gasteiger partial charge in [-0.05, 0) is 29.2 Å². The van der Waals surface area contributed by atoms with E-state index in [1.54, 1.807) is 44.2 Å². The molecule has 0 heterocycles. The first-order chi connectivity index (χ1) is 18.9. The summed E-state index contributed by atoms with van der Waals surface area (Å²) in [5.41, 5.74) is 6.93. The number of nitrogens with two attached hydrogens (primary N) is 1. The summed E-state index contributed by atoms with van der Waals surface area (Å²) in [6.07, 6.45) is -0.208. The molecule has 12 heteroatoms. The number of carboxylic acid groups (broad SMARTS) is 2. The number of aromatic hydroxyl groups is 1. The molecule has 5 atom stereocenters. The maximum Gasteiger partial charge on any atom is 0.326 e.